The number of rotatable bonds is 2. The van der Waals surface area contributed by atoms with Gasteiger partial charge in [-0.3, -0.25) is 4.79 Å². The second kappa shape index (κ2) is 4.61. The van der Waals surface area contributed by atoms with Crippen LogP contribution in [-0.2, 0) is 11.0 Å². The van der Waals surface area contributed by atoms with E-state index in [-0.39, 0.29) is 5.92 Å². The van der Waals surface area contributed by atoms with Crippen LogP contribution >= 0.6 is 0 Å². The molecular formula is C12H12F3NO2. The monoisotopic (exact) mass is 259 g/mol. The maximum atomic E-state index is 12.4. The number of carbonyl (C=O) groups is 1. The Hall–Kier alpha value is -1.56. The van der Waals surface area contributed by atoms with Crippen LogP contribution in [0.1, 0.15) is 23.5 Å². The van der Waals surface area contributed by atoms with Gasteiger partial charge in [0, 0.05) is 6.54 Å². The van der Waals surface area contributed by atoms with E-state index in [1.807, 2.05) is 0 Å². The molecule has 18 heavy (non-hydrogen) atoms. The third-order valence-corrected chi connectivity index (χ3v) is 3.14. The fraction of sp³-hybridized carbons (Fsp3) is 0.417. The van der Waals surface area contributed by atoms with E-state index >= 15 is 0 Å². The Morgan fingerprint density at radius 1 is 1.28 bits per heavy atom. The molecule has 1 unspecified atom stereocenters. The number of carboxylic acid groups (broad SMARTS) is 1. The molecule has 0 radical (unpaired) electrons. The van der Waals surface area contributed by atoms with Gasteiger partial charge in [-0.25, -0.2) is 0 Å². The first-order chi connectivity index (χ1) is 8.38. The number of nitrogens with one attached hydrogen (secondary N) is 1. The summed E-state index contributed by atoms with van der Waals surface area (Å²) in [4.78, 5) is 10.8. The quantitative estimate of drug-likeness (QED) is 0.856. The van der Waals surface area contributed by atoms with Crippen molar-refractivity contribution in [3.8, 4) is 0 Å². The second-order valence-corrected chi connectivity index (χ2v) is 4.35. The van der Waals surface area contributed by atoms with Gasteiger partial charge >= 0.3 is 12.1 Å². The van der Waals surface area contributed by atoms with E-state index in [9.17, 15) is 18.0 Å². The first kappa shape index (κ1) is 12.9. The first-order valence-electron chi connectivity index (χ1n) is 5.51. The van der Waals surface area contributed by atoms with Gasteiger partial charge in [-0.15, -0.1) is 0 Å². The van der Waals surface area contributed by atoms with Crippen LogP contribution in [0.3, 0.4) is 0 Å². The zero-order valence-electron chi connectivity index (χ0n) is 9.37. The van der Waals surface area contributed by atoms with E-state index in [0.717, 1.165) is 17.7 Å². The van der Waals surface area contributed by atoms with Crippen molar-refractivity contribution >= 4 is 5.97 Å². The van der Waals surface area contributed by atoms with Gasteiger partial charge in [0.25, 0.3) is 0 Å². The van der Waals surface area contributed by atoms with Gasteiger partial charge in [-0.1, -0.05) is 12.1 Å². The Morgan fingerprint density at radius 3 is 2.33 bits per heavy atom. The third kappa shape index (κ3) is 2.64. The molecule has 3 nitrogen and oxygen atoms in total. The molecule has 1 aliphatic rings. The summed E-state index contributed by atoms with van der Waals surface area (Å²) >= 11 is 0. The van der Waals surface area contributed by atoms with Gasteiger partial charge in [0.15, 0.2) is 0 Å². The average Bonchev–Trinajstić information content (AvgIpc) is 2.77. The van der Waals surface area contributed by atoms with Crippen molar-refractivity contribution < 1.29 is 23.1 Å². The highest BCUT2D eigenvalue weighted by atomic mass is 19.4. The van der Waals surface area contributed by atoms with Crippen molar-refractivity contribution in [1.29, 1.82) is 0 Å². The summed E-state index contributed by atoms with van der Waals surface area (Å²) in [5.41, 5.74) is 0.0474. The normalized spacial score (nSPS) is 24.2. The molecule has 2 N–H and O–H groups in total. The average molecular weight is 259 g/mol. The minimum Gasteiger partial charge on any atom is -0.480 e. The zero-order valence-corrected chi connectivity index (χ0v) is 9.37. The van der Waals surface area contributed by atoms with Crippen molar-refractivity contribution in [2.24, 2.45) is 0 Å². The maximum absolute atomic E-state index is 12.4. The molecule has 2 atom stereocenters. The highest BCUT2D eigenvalue weighted by Crippen LogP contribution is 2.32. The Bertz CT molecular complexity index is 442. The molecule has 1 aliphatic heterocycles. The molecule has 0 amide bonds. The van der Waals surface area contributed by atoms with E-state index in [0.29, 0.717) is 13.0 Å². The van der Waals surface area contributed by atoms with Crippen LogP contribution in [0.2, 0.25) is 0 Å². The molecular weight excluding hydrogens is 247 g/mol. The number of alkyl halides is 3. The van der Waals surface area contributed by atoms with Crippen LogP contribution in [0.25, 0.3) is 0 Å². The lowest BCUT2D eigenvalue weighted by molar-refractivity contribution is -0.139. The molecule has 0 aromatic heterocycles. The van der Waals surface area contributed by atoms with E-state index in [1.165, 1.54) is 12.1 Å². The summed E-state index contributed by atoms with van der Waals surface area (Å²) in [5, 5.41) is 11.6. The van der Waals surface area contributed by atoms with Crippen molar-refractivity contribution in [3.05, 3.63) is 35.4 Å². The largest absolute Gasteiger partial charge is 0.480 e. The van der Waals surface area contributed by atoms with Crippen LogP contribution in [0.4, 0.5) is 13.2 Å². The van der Waals surface area contributed by atoms with Gasteiger partial charge in [0.1, 0.15) is 6.04 Å². The summed E-state index contributed by atoms with van der Waals surface area (Å²) in [6.07, 6.45) is -3.93. The van der Waals surface area contributed by atoms with Crippen LogP contribution in [-0.4, -0.2) is 23.7 Å². The fourth-order valence-corrected chi connectivity index (χ4v) is 2.12. The summed E-state index contributed by atoms with van der Waals surface area (Å²) in [6, 6.07) is 4.28. The predicted molar refractivity (Wildman–Crippen MR) is 58.2 cm³/mol. The molecule has 1 aromatic carbocycles. The summed E-state index contributed by atoms with van der Waals surface area (Å²) in [5.74, 6) is -0.974. The lowest BCUT2D eigenvalue weighted by Crippen LogP contribution is -2.29. The number of aliphatic carboxylic acids is 1. The van der Waals surface area contributed by atoms with Crippen LogP contribution in [0.15, 0.2) is 24.3 Å². The van der Waals surface area contributed by atoms with Gasteiger partial charge in [-0.05, 0) is 30.0 Å². The molecule has 98 valence electrons. The molecule has 6 heteroatoms. The molecule has 1 heterocycles. The van der Waals surface area contributed by atoms with Crippen LogP contribution < -0.4 is 5.32 Å². The second-order valence-electron chi connectivity index (χ2n) is 4.35. The van der Waals surface area contributed by atoms with E-state index in [2.05, 4.69) is 5.32 Å². The molecule has 0 saturated carbocycles. The highest BCUT2D eigenvalue weighted by Gasteiger charge is 2.32. The maximum Gasteiger partial charge on any atom is 0.416 e. The van der Waals surface area contributed by atoms with Crippen molar-refractivity contribution in [1.82, 2.24) is 5.32 Å². The summed E-state index contributed by atoms with van der Waals surface area (Å²) in [7, 11) is 0. The topological polar surface area (TPSA) is 49.3 Å². The van der Waals surface area contributed by atoms with Crippen molar-refractivity contribution in [2.45, 2.75) is 24.6 Å². The van der Waals surface area contributed by atoms with Crippen LogP contribution in [0.5, 0.6) is 0 Å². The lowest BCUT2D eigenvalue weighted by atomic mass is 9.95. The molecule has 1 saturated heterocycles. The number of hydrogen-bond acceptors (Lipinski definition) is 2. The Labute approximate surface area is 102 Å². The molecule has 1 aromatic rings. The molecule has 0 bridgehead atoms. The minimum absolute atomic E-state index is 0.0478. The van der Waals surface area contributed by atoms with Gasteiger partial charge in [-0.2, -0.15) is 13.2 Å². The molecule has 0 aliphatic carbocycles. The molecule has 2 rings (SSSR count). The minimum atomic E-state index is -4.34. The molecule has 0 spiro atoms. The SMILES string of the molecule is O=C(O)[C@H]1CC(c2ccc(C(F)(F)F)cc2)CN1. The van der Waals surface area contributed by atoms with Gasteiger partial charge in [0.2, 0.25) is 0 Å². The van der Waals surface area contributed by atoms with Crippen LogP contribution in [0, 0.1) is 0 Å². The van der Waals surface area contributed by atoms with Gasteiger partial charge < -0.3 is 10.4 Å². The lowest BCUT2D eigenvalue weighted by Gasteiger charge is -2.11. The summed E-state index contributed by atoms with van der Waals surface area (Å²) < 4.78 is 37.1. The standard InChI is InChI=1S/C12H12F3NO2/c13-12(14,15)9-3-1-7(2-4-9)8-5-10(11(17)18)16-6-8/h1-4,8,10,16H,5-6H2,(H,17,18)/t8?,10-/m1/s1. The highest BCUT2D eigenvalue weighted by molar-refractivity contribution is 5.74. The fourth-order valence-electron chi connectivity index (χ4n) is 2.12. The number of carboxylic acids is 1. The zero-order chi connectivity index (χ0) is 13.3. The Morgan fingerprint density at radius 2 is 1.89 bits per heavy atom. The van der Waals surface area contributed by atoms with E-state index < -0.39 is 23.8 Å². The predicted octanol–water partition coefficient (Wildman–Crippen LogP) is 2.24. The Balaban J connectivity index is 2.10. The van der Waals surface area contributed by atoms with Crippen molar-refractivity contribution in [3.63, 3.8) is 0 Å². The van der Waals surface area contributed by atoms with E-state index in [4.69, 9.17) is 5.11 Å². The third-order valence-electron chi connectivity index (χ3n) is 3.14. The summed E-state index contributed by atoms with van der Waals surface area (Å²) in [6.45, 7) is 0.475. The number of benzene rings is 1. The first-order valence-corrected chi connectivity index (χ1v) is 5.51. The Kier molecular flexibility index (Phi) is 3.30. The number of hydrogen-bond donors (Lipinski definition) is 2. The molecule has 1 fully saturated rings. The van der Waals surface area contributed by atoms with Gasteiger partial charge in [0.05, 0.1) is 5.56 Å². The smallest absolute Gasteiger partial charge is 0.416 e. The number of halogens is 3. The van der Waals surface area contributed by atoms with Crippen molar-refractivity contribution in [2.75, 3.05) is 6.54 Å². The van der Waals surface area contributed by atoms with E-state index in [1.54, 1.807) is 0 Å².